The molecule has 6 rings (SSSR count). The van der Waals surface area contributed by atoms with Gasteiger partial charge in [0.25, 0.3) is 5.78 Å². The number of carbonyl (C=O) groups is 2. The number of para-hydroxylation sites is 1. The number of aryl methyl sites for hydroxylation is 1. The number of nitrogens with zero attached hydrogens (tertiary/aromatic N) is 4. The zero-order valence-corrected chi connectivity index (χ0v) is 20.4. The number of hydrogen-bond acceptors (Lipinski definition) is 7. The fourth-order valence-electron chi connectivity index (χ4n) is 4.58. The second-order valence-electron chi connectivity index (χ2n) is 8.45. The summed E-state index contributed by atoms with van der Waals surface area (Å²) in [6.07, 6.45) is 3.32. The van der Waals surface area contributed by atoms with Gasteiger partial charge in [-0.3, -0.25) is 18.9 Å². The van der Waals surface area contributed by atoms with Gasteiger partial charge in [0.1, 0.15) is 22.8 Å². The zero-order chi connectivity index (χ0) is 25.5. The van der Waals surface area contributed by atoms with E-state index in [2.05, 4.69) is 9.97 Å². The van der Waals surface area contributed by atoms with Gasteiger partial charge in [0.15, 0.2) is 10.9 Å². The van der Waals surface area contributed by atoms with E-state index in [9.17, 15) is 14.7 Å². The summed E-state index contributed by atoms with van der Waals surface area (Å²) in [6.45, 7) is 1.75. The lowest BCUT2D eigenvalue weighted by Gasteiger charge is -2.23. The number of ketones is 1. The third-order valence-electron chi connectivity index (χ3n) is 6.15. The molecule has 3 aromatic heterocycles. The first-order chi connectivity index (χ1) is 18.0. The van der Waals surface area contributed by atoms with Crippen LogP contribution in [0.15, 0.2) is 96.1 Å². The van der Waals surface area contributed by atoms with Crippen molar-refractivity contribution in [3.05, 3.63) is 113 Å². The number of hydrogen-bond donors (Lipinski definition) is 1. The molecule has 5 aromatic rings. The standard InChI is InChI=1S/C28H20N4O4S/c1-17-23(31-14-6-5-12-21(31)30-17)25(33)22-24(32(27(35)26(22)34)28-29-13-15-37-28)18-8-7-11-20(16-18)36-19-9-3-2-4-10-19/h2-16,24,33H,1H3/b25-22+. The van der Waals surface area contributed by atoms with Crippen molar-refractivity contribution >= 4 is 39.6 Å². The van der Waals surface area contributed by atoms with Gasteiger partial charge in [-0.25, -0.2) is 9.97 Å². The number of anilines is 1. The van der Waals surface area contributed by atoms with Crippen LogP contribution in [0.3, 0.4) is 0 Å². The van der Waals surface area contributed by atoms with E-state index >= 15 is 0 Å². The molecule has 1 N–H and O–H groups in total. The molecular weight excluding hydrogens is 488 g/mol. The summed E-state index contributed by atoms with van der Waals surface area (Å²) in [5, 5.41) is 13.7. The number of fused-ring (bicyclic) bond motifs is 1. The van der Waals surface area contributed by atoms with Crippen molar-refractivity contribution in [2.75, 3.05) is 4.90 Å². The van der Waals surface area contributed by atoms with Gasteiger partial charge in [0.2, 0.25) is 0 Å². The molecule has 1 atom stereocenters. The van der Waals surface area contributed by atoms with Crippen LogP contribution in [0.2, 0.25) is 0 Å². The largest absolute Gasteiger partial charge is 0.505 e. The van der Waals surface area contributed by atoms with Gasteiger partial charge >= 0.3 is 5.91 Å². The van der Waals surface area contributed by atoms with E-state index in [0.29, 0.717) is 39.2 Å². The van der Waals surface area contributed by atoms with Crippen LogP contribution in [-0.4, -0.2) is 31.2 Å². The number of pyridine rings is 1. The number of benzene rings is 2. The monoisotopic (exact) mass is 508 g/mol. The molecular formula is C28H20N4O4S. The van der Waals surface area contributed by atoms with Gasteiger partial charge in [0, 0.05) is 17.8 Å². The number of carbonyl (C=O) groups excluding carboxylic acids is 2. The van der Waals surface area contributed by atoms with Crippen molar-refractivity contribution in [3.8, 4) is 11.5 Å². The SMILES string of the molecule is Cc1nc2ccccn2c1/C(O)=C1\C(=O)C(=O)N(c2nccs2)C1c1cccc(Oc2ccccc2)c1. The van der Waals surface area contributed by atoms with E-state index in [1.807, 2.05) is 36.4 Å². The van der Waals surface area contributed by atoms with Crippen LogP contribution in [0, 0.1) is 6.92 Å². The lowest BCUT2D eigenvalue weighted by atomic mass is 9.96. The molecule has 182 valence electrons. The number of aliphatic hydroxyl groups is 1. The predicted octanol–water partition coefficient (Wildman–Crippen LogP) is 5.52. The highest BCUT2D eigenvalue weighted by molar-refractivity contribution is 7.14. The Morgan fingerprint density at radius 2 is 1.78 bits per heavy atom. The predicted molar refractivity (Wildman–Crippen MR) is 140 cm³/mol. The molecule has 1 fully saturated rings. The molecule has 1 amide bonds. The molecule has 0 bridgehead atoms. The van der Waals surface area contributed by atoms with Crippen LogP contribution >= 0.6 is 11.3 Å². The second kappa shape index (κ2) is 9.03. The summed E-state index contributed by atoms with van der Waals surface area (Å²) in [4.78, 5) is 36.9. The highest BCUT2D eigenvalue weighted by atomic mass is 32.1. The van der Waals surface area contributed by atoms with Crippen molar-refractivity contribution < 1.29 is 19.4 Å². The average Bonchev–Trinajstić information content (AvgIpc) is 3.61. The van der Waals surface area contributed by atoms with Crippen molar-refractivity contribution in [1.82, 2.24) is 14.4 Å². The van der Waals surface area contributed by atoms with Crippen LogP contribution in [-0.2, 0) is 9.59 Å². The number of imidazole rings is 1. The maximum absolute atomic E-state index is 13.5. The summed E-state index contributed by atoms with van der Waals surface area (Å²) < 4.78 is 7.71. The molecule has 8 nitrogen and oxygen atoms in total. The summed E-state index contributed by atoms with van der Waals surface area (Å²) in [7, 11) is 0. The summed E-state index contributed by atoms with van der Waals surface area (Å²) in [5.74, 6) is -0.679. The number of ether oxygens (including phenoxy) is 1. The highest BCUT2D eigenvalue weighted by Crippen LogP contribution is 2.44. The van der Waals surface area contributed by atoms with Crippen molar-refractivity contribution in [3.63, 3.8) is 0 Å². The van der Waals surface area contributed by atoms with E-state index in [0.717, 1.165) is 0 Å². The van der Waals surface area contributed by atoms with Gasteiger partial charge in [-0.15, -0.1) is 11.3 Å². The molecule has 1 aliphatic rings. The number of Topliss-reactive ketones (excluding diaryl/α,β-unsaturated/α-hetero) is 1. The molecule has 1 saturated heterocycles. The maximum atomic E-state index is 13.5. The molecule has 0 aliphatic carbocycles. The van der Waals surface area contributed by atoms with E-state index in [1.165, 1.54) is 16.2 Å². The summed E-state index contributed by atoms with van der Waals surface area (Å²) >= 11 is 1.24. The molecule has 0 radical (unpaired) electrons. The molecule has 2 aromatic carbocycles. The van der Waals surface area contributed by atoms with Gasteiger partial charge in [0.05, 0.1) is 17.3 Å². The Hall–Kier alpha value is -4.76. The molecule has 0 saturated carbocycles. The average molecular weight is 509 g/mol. The minimum absolute atomic E-state index is 0.0363. The smallest absolute Gasteiger partial charge is 0.301 e. The van der Waals surface area contributed by atoms with Crippen LogP contribution in [0.4, 0.5) is 5.13 Å². The zero-order valence-electron chi connectivity index (χ0n) is 19.6. The minimum atomic E-state index is -0.917. The lowest BCUT2D eigenvalue weighted by molar-refractivity contribution is -0.132. The van der Waals surface area contributed by atoms with Crippen LogP contribution < -0.4 is 9.64 Å². The number of aliphatic hydroxyl groups excluding tert-OH is 1. The van der Waals surface area contributed by atoms with E-state index < -0.39 is 17.7 Å². The number of amides is 1. The Bertz CT molecular complexity index is 1680. The molecule has 0 spiro atoms. The Balaban J connectivity index is 1.54. The molecule has 1 aliphatic heterocycles. The molecule has 4 heterocycles. The molecule has 37 heavy (non-hydrogen) atoms. The first kappa shape index (κ1) is 22.7. The first-order valence-corrected chi connectivity index (χ1v) is 12.4. The Labute approximate surface area is 215 Å². The topological polar surface area (TPSA) is 97.0 Å². The number of aromatic nitrogens is 3. The van der Waals surface area contributed by atoms with Crippen molar-refractivity contribution in [2.24, 2.45) is 0 Å². The quantitative estimate of drug-likeness (QED) is 0.191. The Morgan fingerprint density at radius 1 is 1.00 bits per heavy atom. The van der Waals surface area contributed by atoms with Crippen LogP contribution in [0.1, 0.15) is 23.0 Å². The fourth-order valence-corrected chi connectivity index (χ4v) is 5.25. The van der Waals surface area contributed by atoms with Gasteiger partial charge < -0.3 is 9.84 Å². The Morgan fingerprint density at radius 3 is 2.57 bits per heavy atom. The number of thiazole rings is 1. The molecule has 1 unspecified atom stereocenters. The maximum Gasteiger partial charge on any atom is 0.301 e. The lowest BCUT2D eigenvalue weighted by Crippen LogP contribution is -2.29. The summed E-state index contributed by atoms with van der Waals surface area (Å²) in [6, 6.07) is 21.0. The van der Waals surface area contributed by atoms with E-state index in [4.69, 9.17) is 4.74 Å². The normalized spacial score (nSPS) is 17.0. The second-order valence-corrected chi connectivity index (χ2v) is 9.32. The highest BCUT2D eigenvalue weighted by Gasteiger charge is 2.48. The fraction of sp³-hybridized carbons (Fsp3) is 0.0714. The van der Waals surface area contributed by atoms with Gasteiger partial charge in [-0.1, -0.05) is 36.4 Å². The number of rotatable bonds is 5. The summed E-state index contributed by atoms with van der Waals surface area (Å²) in [5.41, 5.74) is 2.06. The van der Waals surface area contributed by atoms with E-state index in [-0.39, 0.29) is 11.3 Å². The third-order valence-corrected chi connectivity index (χ3v) is 6.92. The Kier molecular flexibility index (Phi) is 5.54. The van der Waals surface area contributed by atoms with Crippen LogP contribution in [0.5, 0.6) is 11.5 Å². The van der Waals surface area contributed by atoms with Gasteiger partial charge in [-0.05, 0) is 48.9 Å². The van der Waals surface area contributed by atoms with Crippen LogP contribution in [0.25, 0.3) is 11.4 Å². The van der Waals surface area contributed by atoms with Crippen molar-refractivity contribution in [1.29, 1.82) is 0 Å². The first-order valence-electron chi connectivity index (χ1n) is 11.5. The van der Waals surface area contributed by atoms with E-state index in [1.54, 1.807) is 65.5 Å². The third kappa shape index (κ3) is 3.85. The molecule has 9 heteroatoms. The van der Waals surface area contributed by atoms with Crippen molar-refractivity contribution in [2.45, 2.75) is 13.0 Å². The minimum Gasteiger partial charge on any atom is -0.505 e. The van der Waals surface area contributed by atoms with Gasteiger partial charge in [-0.2, -0.15) is 0 Å².